The molecule has 2 aliphatic heterocycles. The molecule has 2 aliphatic rings. The van der Waals surface area contributed by atoms with Gasteiger partial charge in [0.05, 0.1) is 5.02 Å². The molecule has 0 saturated carbocycles. The number of fused-ring (bicyclic) bond motifs is 1. The van der Waals surface area contributed by atoms with E-state index in [1.165, 1.54) is 0 Å². The average Bonchev–Trinajstić information content (AvgIpc) is 3.33. The third-order valence-corrected chi connectivity index (χ3v) is 7.67. The fourth-order valence-corrected chi connectivity index (χ4v) is 5.46. The van der Waals surface area contributed by atoms with Crippen LogP contribution in [0.15, 0.2) is 54.9 Å². The molecule has 2 fully saturated rings. The van der Waals surface area contributed by atoms with Gasteiger partial charge in [0.2, 0.25) is 5.91 Å². The van der Waals surface area contributed by atoms with Crippen LogP contribution in [0.5, 0.6) is 0 Å². The van der Waals surface area contributed by atoms with Gasteiger partial charge in [-0.15, -0.1) is 0 Å². The molecule has 0 bridgehead atoms. The lowest BCUT2D eigenvalue weighted by Crippen LogP contribution is -2.51. The summed E-state index contributed by atoms with van der Waals surface area (Å²) < 4.78 is 7.41. The van der Waals surface area contributed by atoms with Crippen LogP contribution < -0.4 is 4.90 Å². The summed E-state index contributed by atoms with van der Waals surface area (Å²) in [6.45, 7) is 3.99. The highest BCUT2D eigenvalue weighted by Crippen LogP contribution is 2.35. The Morgan fingerprint density at radius 3 is 2.38 bits per heavy atom. The molecule has 4 heterocycles. The molecule has 0 unspecified atom stereocenters. The van der Waals surface area contributed by atoms with E-state index in [1.807, 2.05) is 58.0 Å². The van der Waals surface area contributed by atoms with Crippen molar-refractivity contribution in [1.29, 1.82) is 0 Å². The lowest BCUT2D eigenvalue weighted by atomic mass is 9.98. The number of amides is 1. The summed E-state index contributed by atoms with van der Waals surface area (Å²) in [7, 11) is 0. The van der Waals surface area contributed by atoms with Crippen molar-refractivity contribution in [1.82, 2.24) is 24.4 Å². The van der Waals surface area contributed by atoms with E-state index >= 15 is 0 Å². The summed E-state index contributed by atoms with van der Waals surface area (Å²) in [5.74, 6) is 1.74. The van der Waals surface area contributed by atoms with Gasteiger partial charge in [-0.2, -0.15) is 0 Å². The number of nitrogens with zero attached hydrogens (tertiary/aromatic N) is 6. The number of carbonyl (C=O) groups excluding carboxylic acids is 1. The van der Waals surface area contributed by atoms with Crippen LogP contribution in [0.25, 0.3) is 28.2 Å². The number of carbonyl (C=O) groups is 1. The second kappa shape index (κ2) is 10.3. The first-order valence-electron chi connectivity index (χ1n) is 12.5. The summed E-state index contributed by atoms with van der Waals surface area (Å²) in [6, 6.07) is 15.2. The van der Waals surface area contributed by atoms with E-state index in [-0.39, 0.29) is 11.8 Å². The summed E-state index contributed by atoms with van der Waals surface area (Å²) in [5.41, 5.74) is 3.05. The molecule has 10 heteroatoms. The third kappa shape index (κ3) is 4.65. The van der Waals surface area contributed by atoms with Crippen molar-refractivity contribution in [2.75, 3.05) is 44.3 Å². The van der Waals surface area contributed by atoms with Crippen LogP contribution in [0.3, 0.4) is 0 Å². The van der Waals surface area contributed by atoms with Crippen molar-refractivity contribution in [2.45, 2.75) is 12.8 Å². The standard InChI is InChI=1S/C27H26Cl2N6O2/c28-19-5-7-20(8-6-19)35-24(21-3-1-2-4-22(21)29)32-23-25(30-17-31-26(23)35)33-11-13-34(14-12-33)27(36)18-9-15-37-16-10-18/h1-8,17-18H,9-16H2. The molecule has 0 spiro atoms. The van der Waals surface area contributed by atoms with Crippen LogP contribution in [0, 0.1) is 5.92 Å². The molecule has 190 valence electrons. The van der Waals surface area contributed by atoms with Gasteiger partial charge in [-0.05, 0) is 49.2 Å². The van der Waals surface area contributed by atoms with Gasteiger partial charge in [-0.1, -0.05) is 35.3 Å². The van der Waals surface area contributed by atoms with Crippen molar-refractivity contribution in [3.05, 3.63) is 64.9 Å². The summed E-state index contributed by atoms with van der Waals surface area (Å²) in [4.78, 5) is 31.5. The minimum absolute atomic E-state index is 0.0688. The van der Waals surface area contributed by atoms with Crippen LogP contribution >= 0.6 is 23.2 Å². The van der Waals surface area contributed by atoms with Gasteiger partial charge in [-0.25, -0.2) is 15.0 Å². The quantitative estimate of drug-likeness (QED) is 0.370. The second-order valence-corrected chi connectivity index (χ2v) is 10.1. The Hall–Kier alpha value is -3.20. The number of hydrogen-bond acceptors (Lipinski definition) is 6. The zero-order valence-corrected chi connectivity index (χ0v) is 21.7. The van der Waals surface area contributed by atoms with Crippen LogP contribution in [-0.2, 0) is 9.53 Å². The van der Waals surface area contributed by atoms with Crippen molar-refractivity contribution in [3.8, 4) is 17.1 Å². The fourth-order valence-electron chi connectivity index (χ4n) is 5.11. The first-order valence-corrected chi connectivity index (χ1v) is 13.2. The van der Waals surface area contributed by atoms with Crippen LogP contribution in [-0.4, -0.2) is 69.7 Å². The Balaban J connectivity index is 1.36. The van der Waals surface area contributed by atoms with E-state index in [2.05, 4.69) is 14.9 Å². The van der Waals surface area contributed by atoms with Crippen LogP contribution in [0.4, 0.5) is 5.82 Å². The van der Waals surface area contributed by atoms with Gasteiger partial charge in [0.1, 0.15) is 12.2 Å². The monoisotopic (exact) mass is 536 g/mol. The molecule has 8 nitrogen and oxygen atoms in total. The van der Waals surface area contributed by atoms with Gasteiger partial charge in [0.15, 0.2) is 17.0 Å². The Morgan fingerprint density at radius 2 is 1.65 bits per heavy atom. The molecule has 4 aromatic rings. The first-order chi connectivity index (χ1) is 18.1. The molecular weight excluding hydrogens is 511 g/mol. The Kier molecular flexibility index (Phi) is 6.71. The molecule has 0 atom stereocenters. The molecule has 0 radical (unpaired) electrons. The number of anilines is 1. The minimum Gasteiger partial charge on any atom is -0.381 e. The van der Waals surface area contributed by atoms with Crippen molar-refractivity contribution in [2.24, 2.45) is 5.92 Å². The van der Waals surface area contributed by atoms with Crippen LogP contribution in [0.2, 0.25) is 10.0 Å². The van der Waals surface area contributed by atoms with Gasteiger partial charge in [-0.3, -0.25) is 9.36 Å². The van der Waals surface area contributed by atoms with Gasteiger partial charge in [0.25, 0.3) is 0 Å². The smallest absolute Gasteiger partial charge is 0.225 e. The van der Waals surface area contributed by atoms with Crippen molar-refractivity contribution < 1.29 is 9.53 Å². The molecule has 0 aliphatic carbocycles. The number of aromatic nitrogens is 4. The topological polar surface area (TPSA) is 76.4 Å². The molecule has 1 amide bonds. The highest BCUT2D eigenvalue weighted by Gasteiger charge is 2.30. The van der Waals surface area contributed by atoms with Crippen molar-refractivity contribution in [3.63, 3.8) is 0 Å². The maximum atomic E-state index is 13.0. The predicted octanol–water partition coefficient (Wildman–Crippen LogP) is 4.86. The average molecular weight is 537 g/mol. The molecule has 0 N–H and O–H groups in total. The molecule has 2 aromatic carbocycles. The number of ether oxygens (including phenoxy) is 1. The Labute approximate surface area is 224 Å². The van der Waals surface area contributed by atoms with E-state index in [9.17, 15) is 4.79 Å². The molecule has 6 rings (SSSR count). The van der Waals surface area contributed by atoms with Crippen molar-refractivity contribution >= 4 is 46.1 Å². The zero-order valence-electron chi connectivity index (χ0n) is 20.2. The Bertz CT molecular complexity index is 1430. The first kappa shape index (κ1) is 24.2. The largest absolute Gasteiger partial charge is 0.381 e. The van der Waals surface area contributed by atoms with Gasteiger partial charge in [0, 0.05) is 61.6 Å². The van der Waals surface area contributed by atoms with E-state index in [1.54, 1.807) is 6.33 Å². The number of hydrogen-bond donors (Lipinski definition) is 0. The fraction of sp³-hybridized carbons (Fsp3) is 0.333. The second-order valence-electron chi connectivity index (χ2n) is 9.30. The highest BCUT2D eigenvalue weighted by molar-refractivity contribution is 6.33. The molecule has 37 heavy (non-hydrogen) atoms. The van der Waals surface area contributed by atoms with Gasteiger partial charge >= 0.3 is 0 Å². The summed E-state index contributed by atoms with van der Waals surface area (Å²) in [6.07, 6.45) is 3.18. The number of imidazole rings is 1. The number of benzene rings is 2. The highest BCUT2D eigenvalue weighted by atomic mass is 35.5. The number of rotatable bonds is 4. The molecule has 2 saturated heterocycles. The maximum Gasteiger partial charge on any atom is 0.225 e. The predicted molar refractivity (Wildman–Crippen MR) is 144 cm³/mol. The van der Waals surface area contributed by atoms with Crippen LogP contribution in [0.1, 0.15) is 12.8 Å². The van der Waals surface area contributed by atoms with E-state index in [0.29, 0.717) is 66.4 Å². The van der Waals surface area contributed by atoms with E-state index in [4.69, 9.17) is 32.9 Å². The lowest BCUT2D eigenvalue weighted by molar-refractivity contribution is -0.138. The molecular formula is C27H26Cl2N6O2. The summed E-state index contributed by atoms with van der Waals surface area (Å²) in [5, 5.41) is 1.25. The maximum absolute atomic E-state index is 13.0. The zero-order chi connectivity index (χ0) is 25.4. The SMILES string of the molecule is O=C(C1CCOCC1)N1CCN(c2ncnc3c2nc(-c2ccccc2Cl)n3-c2ccc(Cl)cc2)CC1. The molecule has 2 aromatic heterocycles. The minimum atomic E-state index is 0.0688. The normalized spacial score (nSPS) is 16.9. The third-order valence-electron chi connectivity index (χ3n) is 7.09. The number of halogens is 2. The summed E-state index contributed by atoms with van der Waals surface area (Å²) >= 11 is 12.8. The lowest BCUT2D eigenvalue weighted by Gasteiger charge is -2.37. The number of piperazine rings is 1. The Morgan fingerprint density at radius 1 is 0.919 bits per heavy atom. The van der Waals surface area contributed by atoms with Gasteiger partial charge < -0.3 is 14.5 Å². The van der Waals surface area contributed by atoms with E-state index < -0.39 is 0 Å². The van der Waals surface area contributed by atoms with E-state index in [0.717, 1.165) is 29.9 Å².